The molecule has 0 amide bonds. The zero-order valence-corrected chi connectivity index (χ0v) is 12.1. The van der Waals surface area contributed by atoms with Gasteiger partial charge >= 0.3 is 5.97 Å². The molecule has 110 valence electrons. The zero-order valence-electron chi connectivity index (χ0n) is 12.1. The average molecular weight is 280 g/mol. The van der Waals surface area contributed by atoms with E-state index in [1.807, 2.05) is 26.8 Å². The van der Waals surface area contributed by atoms with Gasteiger partial charge in [-0.2, -0.15) is 0 Å². The molecule has 1 saturated heterocycles. The molecule has 2 rings (SSSR count). The lowest BCUT2D eigenvalue weighted by Gasteiger charge is -2.34. The number of carbonyl (C=O) groups is 1. The maximum absolute atomic E-state index is 14.3. The van der Waals surface area contributed by atoms with Gasteiger partial charge in [-0.25, -0.2) is 4.39 Å². The summed E-state index contributed by atoms with van der Waals surface area (Å²) < 4.78 is 14.3. The highest BCUT2D eigenvalue weighted by molar-refractivity contribution is 5.75. The van der Waals surface area contributed by atoms with Crippen molar-refractivity contribution in [2.45, 2.75) is 32.2 Å². The van der Waals surface area contributed by atoms with Crippen molar-refractivity contribution >= 4 is 11.7 Å². The molecule has 5 heteroatoms. The van der Waals surface area contributed by atoms with Crippen molar-refractivity contribution in [3.05, 3.63) is 29.6 Å². The number of benzene rings is 1. The lowest BCUT2D eigenvalue weighted by molar-refractivity contribution is -0.139. The molecule has 1 atom stereocenters. The maximum atomic E-state index is 14.3. The third-order valence-corrected chi connectivity index (χ3v) is 3.63. The van der Waals surface area contributed by atoms with Crippen LogP contribution in [-0.2, 0) is 10.2 Å². The van der Waals surface area contributed by atoms with Crippen LogP contribution in [0.3, 0.4) is 0 Å². The second-order valence-electron chi connectivity index (χ2n) is 6.21. The Bertz CT molecular complexity index is 511. The van der Waals surface area contributed by atoms with Crippen molar-refractivity contribution in [3.63, 3.8) is 0 Å². The summed E-state index contributed by atoms with van der Waals surface area (Å²) in [7, 11) is 0. The summed E-state index contributed by atoms with van der Waals surface area (Å²) in [6.45, 7) is 7.53. The molecule has 0 radical (unpaired) electrons. The summed E-state index contributed by atoms with van der Waals surface area (Å²) in [5.74, 6) is -1.19. The molecular weight excluding hydrogens is 259 g/mol. The van der Waals surface area contributed by atoms with E-state index in [9.17, 15) is 9.18 Å². The first kappa shape index (κ1) is 14.8. The van der Waals surface area contributed by atoms with Crippen molar-refractivity contribution in [1.29, 1.82) is 0 Å². The van der Waals surface area contributed by atoms with Crippen molar-refractivity contribution in [2.24, 2.45) is 0 Å². The van der Waals surface area contributed by atoms with Crippen LogP contribution in [0.4, 0.5) is 10.1 Å². The first-order valence-electron chi connectivity index (χ1n) is 6.80. The van der Waals surface area contributed by atoms with Gasteiger partial charge in [0.1, 0.15) is 11.9 Å². The largest absolute Gasteiger partial charge is 0.480 e. The number of hydrogen-bond donors (Lipinski definition) is 2. The molecule has 1 aliphatic heterocycles. The number of piperazine rings is 1. The van der Waals surface area contributed by atoms with Crippen LogP contribution in [0.15, 0.2) is 18.2 Å². The normalized spacial score (nSPS) is 20.0. The molecule has 1 aromatic rings. The Kier molecular flexibility index (Phi) is 3.99. The molecule has 0 aliphatic carbocycles. The van der Waals surface area contributed by atoms with E-state index in [-0.39, 0.29) is 17.8 Å². The molecule has 0 spiro atoms. The number of carboxylic acid groups (broad SMARTS) is 1. The van der Waals surface area contributed by atoms with Gasteiger partial charge in [0.15, 0.2) is 0 Å². The van der Waals surface area contributed by atoms with E-state index in [0.717, 1.165) is 5.56 Å². The molecule has 0 aromatic heterocycles. The van der Waals surface area contributed by atoms with Gasteiger partial charge in [-0.3, -0.25) is 4.79 Å². The van der Waals surface area contributed by atoms with Crippen LogP contribution in [0, 0.1) is 5.82 Å². The van der Waals surface area contributed by atoms with Gasteiger partial charge in [-0.1, -0.05) is 26.8 Å². The topological polar surface area (TPSA) is 52.6 Å². The quantitative estimate of drug-likeness (QED) is 0.870. The van der Waals surface area contributed by atoms with Gasteiger partial charge in [0.2, 0.25) is 0 Å². The van der Waals surface area contributed by atoms with Gasteiger partial charge in [-0.05, 0) is 23.1 Å². The predicted molar refractivity (Wildman–Crippen MR) is 76.7 cm³/mol. The number of rotatable bonds is 2. The number of hydrogen-bond acceptors (Lipinski definition) is 3. The predicted octanol–water partition coefficient (Wildman–Crippen LogP) is 1.99. The Labute approximate surface area is 118 Å². The Morgan fingerprint density at radius 3 is 2.70 bits per heavy atom. The number of nitrogens with zero attached hydrogens (tertiary/aromatic N) is 1. The first-order chi connectivity index (χ1) is 9.29. The fraction of sp³-hybridized carbons (Fsp3) is 0.533. The highest BCUT2D eigenvalue weighted by atomic mass is 19.1. The third-order valence-electron chi connectivity index (χ3n) is 3.63. The summed E-state index contributed by atoms with van der Waals surface area (Å²) in [6.07, 6.45) is 0. The Morgan fingerprint density at radius 2 is 2.15 bits per heavy atom. The van der Waals surface area contributed by atoms with E-state index in [0.29, 0.717) is 18.8 Å². The van der Waals surface area contributed by atoms with Crippen LogP contribution in [0.25, 0.3) is 0 Å². The first-order valence-corrected chi connectivity index (χ1v) is 6.80. The molecule has 2 N–H and O–H groups in total. The summed E-state index contributed by atoms with van der Waals surface area (Å²) in [5.41, 5.74) is 1.31. The van der Waals surface area contributed by atoms with Gasteiger partial charge in [0, 0.05) is 19.6 Å². The molecule has 0 saturated carbocycles. The number of carboxylic acids is 1. The SMILES string of the molecule is CC(C)(C)c1ccc(N2CCNC(C(=O)O)C2)c(F)c1. The van der Waals surface area contributed by atoms with E-state index in [1.165, 1.54) is 0 Å². The van der Waals surface area contributed by atoms with Crippen LogP contribution in [0.2, 0.25) is 0 Å². The van der Waals surface area contributed by atoms with Crippen molar-refractivity contribution in [3.8, 4) is 0 Å². The Hall–Kier alpha value is -1.62. The van der Waals surface area contributed by atoms with Gasteiger partial charge in [-0.15, -0.1) is 0 Å². The highest BCUT2D eigenvalue weighted by Crippen LogP contribution is 2.28. The molecule has 1 heterocycles. The third kappa shape index (κ3) is 3.10. The number of anilines is 1. The van der Waals surface area contributed by atoms with E-state index < -0.39 is 12.0 Å². The summed E-state index contributed by atoms with van der Waals surface area (Å²) >= 11 is 0. The molecule has 20 heavy (non-hydrogen) atoms. The highest BCUT2D eigenvalue weighted by Gasteiger charge is 2.26. The van der Waals surface area contributed by atoms with E-state index in [4.69, 9.17) is 5.11 Å². The van der Waals surface area contributed by atoms with Crippen LogP contribution in [0.5, 0.6) is 0 Å². The molecule has 1 unspecified atom stereocenters. The number of nitrogens with one attached hydrogen (secondary N) is 1. The van der Waals surface area contributed by atoms with Crippen LogP contribution < -0.4 is 10.2 Å². The lowest BCUT2D eigenvalue weighted by Crippen LogP contribution is -2.54. The zero-order chi connectivity index (χ0) is 14.9. The van der Waals surface area contributed by atoms with Crippen LogP contribution >= 0.6 is 0 Å². The van der Waals surface area contributed by atoms with Gasteiger partial charge in [0.25, 0.3) is 0 Å². The Balaban J connectivity index is 2.23. The van der Waals surface area contributed by atoms with E-state index in [1.54, 1.807) is 17.0 Å². The standard InChI is InChI=1S/C15H21FN2O2/c1-15(2,3)10-4-5-13(11(16)8-10)18-7-6-17-12(9-18)14(19)20/h4-5,8,12,17H,6-7,9H2,1-3H3,(H,19,20). The smallest absolute Gasteiger partial charge is 0.322 e. The summed E-state index contributed by atoms with van der Waals surface area (Å²) in [4.78, 5) is 12.8. The van der Waals surface area contributed by atoms with Gasteiger partial charge in [0.05, 0.1) is 5.69 Å². The summed E-state index contributed by atoms with van der Waals surface area (Å²) in [5, 5.41) is 11.9. The second kappa shape index (κ2) is 5.40. The fourth-order valence-electron chi connectivity index (χ4n) is 2.36. The lowest BCUT2D eigenvalue weighted by atomic mass is 9.87. The second-order valence-corrected chi connectivity index (χ2v) is 6.21. The number of halogens is 1. The molecule has 1 aromatic carbocycles. The molecular formula is C15H21FN2O2. The minimum atomic E-state index is -0.901. The monoisotopic (exact) mass is 280 g/mol. The molecule has 1 fully saturated rings. The minimum absolute atomic E-state index is 0.105. The molecule has 0 bridgehead atoms. The molecule has 4 nitrogen and oxygen atoms in total. The van der Waals surface area contributed by atoms with Crippen molar-refractivity contribution in [2.75, 3.05) is 24.5 Å². The van der Waals surface area contributed by atoms with Gasteiger partial charge < -0.3 is 15.3 Å². The minimum Gasteiger partial charge on any atom is -0.480 e. The van der Waals surface area contributed by atoms with Crippen molar-refractivity contribution in [1.82, 2.24) is 5.32 Å². The average Bonchev–Trinajstić information content (AvgIpc) is 2.37. The summed E-state index contributed by atoms with van der Waals surface area (Å²) in [6, 6.07) is 4.56. The number of aliphatic carboxylic acids is 1. The fourth-order valence-corrected chi connectivity index (χ4v) is 2.36. The van der Waals surface area contributed by atoms with Crippen LogP contribution in [0.1, 0.15) is 26.3 Å². The van der Waals surface area contributed by atoms with E-state index >= 15 is 0 Å². The maximum Gasteiger partial charge on any atom is 0.322 e. The van der Waals surface area contributed by atoms with Crippen LogP contribution in [-0.4, -0.2) is 36.8 Å². The Morgan fingerprint density at radius 1 is 1.45 bits per heavy atom. The molecule has 1 aliphatic rings. The van der Waals surface area contributed by atoms with Crippen molar-refractivity contribution < 1.29 is 14.3 Å². The van der Waals surface area contributed by atoms with E-state index in [2.05, 4.69) is 5.32 Å².